The topological polar surface area (TPSA) is 59.8 Å². The first-order valence-corrected chi connectivity index (χ1v) is 8.31. The molecule has 0 radical (unpaired) electrons. The van der Waals surface area contributed by atoms with E-state index in [2.05, 4.69) is 34.6 Å². The molecule has 1 amide bonds. The van der Waals surface area contributed by atoms with Gasteiger partial charge in [0.1, 0.15) is 11.0 Å². The molecule has 2 aromatic carbocycles. The molecule has 0 fully saturated rings. The summed E-state index contributed by atoms with van der Waals surface area (Å²) in [5, 5.41) is 11.9. The van der Waals surface area contributed by atoms with E-state index in [-0.39, 0.29) is 5.91 Å². The third-order valence-electron chi connectivity index (χ3n) is 3.83. The van der Waals surface area contributed by atoms with Crippen LogP contribution in [-0.4, -0.2) is 20.9 Å². The molecule has 0 aliphatic heterocycles. The summed E-state index contributed by atoms with van der Waals surface area (Å²) < 4.78 is 0. The average molecular weight is 322 g/mol. The zero-order valence-corrected chi connectivity index (χ0v) is 14.3. The summed E-state index contributed by atoms with van der Waals surface area (Å²) in [4.78, 5) is 13.5. The highest BCUT2D eigenvalue weighted by Gasteiger charge is 2.09. The van der Waals surface area contributed by atoms with Gasteiger partial charge in [0.25, 0.3) is 0 Å². The number of aryl methyl sites for hydroxylation is 1. The van der Waals surface area contributed by atoms with Gasteiger partial charge in [0, 0.05) is 12.1 Å². The van der Waals surface area contributed by atoms with Crippen molar-refractivity contribution in [3.8, 4) is 5.69 Å². The molecular weight excluding hydrogens is 300 g/mol. The number of carbonyl (C=O) groups is 1. The van der Waals surface area contributed by atoms with E-state index in [1.54, 1.807) is 4.80 Å². The maximum atomic E-state index is 11.9. The Hall–Kier alpha value is -2.69. The van der Waals surface area contributed by atoms with E-state index < -0.39 is 0 Å². The molecule has 1 aromatic heterocycles. The molecule has 0 unspecified atom stereocenters. The number of anilines is 1. The van der Waals surface area contributed by atoms with Crippen LogP contribution in [0.2, 0.25) is 0 Å². The monoisotopic (exact) mass is 322 g/mol. The van der Waals surface area contributed by atoms with Gasteiger partial charge in [0.2, 0.25) is 5.91 Å². The number of hydrogen-bond acceptors (Lipinski definition) is 3. The van der Waals surface area contributed by atoms with Gasteiger partial charge in [-0.1, -0.05) is 32.9 Å². The number of amides is 1. The molecule has 0 aliphatic carbocycles. The standard InChI is InChI=1S/C19H22N4O/c1-4-14-5-8-16(9-6-14)23-21-17-10-7-15(12-18(17)22-23)20-19(24)11-13(2)3/h5-10,12-13H,4,11H2,1-3H3,(H,20,24). The molecule has 1 heterocycles. The second-order valence-electron chi connectivity index (χ2n) is 6.36. The van der Waals surface area contributed by atoms with Gasteiger partial charge in [-0.3, -0.25) is 4.79 Å². The lowest BCUT2D eigenvalue weighted by Crippen LogP contribution is -2.13. The molecule has 0 bridgehead atoms. The average Bonchev–Trinajstić information content (AvgIpc) is 2.97. The zero-order valence-electron chi connectivity index (χ0n) is 14.3. The molecule has 0 atom stereocenters. The number of hydrogen-bond donors (Lipinski definition) is 1. The molecule has 0 saturated heterocycles. The van der Waals surface area contributed by atoms with Crippen molar-refractivity contribution in [2.24, 2.45) is 5.92 Å². The van der Waals surface area contributed by atoms with Gasteiger partial charge < -0.3 is 5.32 Å². The number of nitrogens with zero attached hydrogens (tertiary/aromatic N) is 3. The maximum Gasteiger partial charge on any atom is 0.224 e. The molecule has 3 rings (SSSR count). The highest BCUT2D eigenvalue weighted by molar-refractivity contribution is 5.93. The molecular formula is C19H22N4O. The Morgan fingerprint density at radius 2 is 1.79 bits per heavy atom. The van der Waals surface area contributed by atoms with Crippen LogP contribution in [-0.2, 0) is 11.2 Å². The molecule has 3 aromatic rings. The molecule has 1 N–H and O–H groups in total. The number of nitrogens with one attached hydrogen (secondary N) is 1. The quantitative estimate of drug-likeness (QED) is 0.773. The van der Waals surface area contributed by atoms with Gasteiger partial charge in [0.15, 0.2) is 0 Å². The van der Waals surface area contributed by atoms with Crippen LogP contribution in [0.4, 0.5) is 5.69 Å². The summed E-state index contributed by atoms with van der Waals surface area (Å²) in [7, 11) is 0. The summed E-state index contributed by atoms with van der Waals surface area (Å²) >= 11 is 0. The Labute approximate surface area is 141 Å². The highest BCUT2D eigenvalue weighted by Crippen LogP contribution is 2.18. The van der Waals surface area contributed by atoms with Crippen LogP contribution in [0.1, 0.15) is 32.8 Å². The summed E-state index contributed by atoms with van der Waals surface area (Å²) in [6.07, 6.45) is 1.52. The minimum absolute atomic E-state index is 0.0203. The lowest BCUT2D eigenvalue weighted by atomic mass is 10.1. The van der Waals surface area contributed by atoms with Gasteiger partial charge >= 0.3 is 0 Å². The number of rotatable bonds is 5. The Morgan fingerprint density at radius 1 is 1.08 bits per heavy atom. The van der Waals surface area contributed by atoms with E-state index in [0.717, 1.165) is 28.8 Å². The van der Waals surface area contributed by atoms with Crippen molar-refractivity contribution in [1.82, 2.24) is 15.0 Å². The third-order valence-corrected chi connectivity index (χ3v) is 3.83. The first-order valence-electron chi connectivity index (χ1n) is 8.31. The fourth-order valence-corrected chi connectivity index (χ4v) is 2.56. The number of fused-ring (bicyclic) bond motifs is 1. The van der Waals surface area contributed by atoms with Crippen molar-refractivity contribution >= 4 is 22.6 Å². The van der Waals surface area contributed by atoms with Crippen molar-refractivity contribution < 1.29 is 4.79 Å². The fourth-order valence-electron chi connectivity index (χ4n) is 2.56. The maximum absolute atomic E-state index is 11.9. The zero-order chi connectivity index (χ0) is 17.1. The number of aromatic nitrogens is 3. The van der Waals surface area contributed by atoms with Crippen LogP contribution in [0.3, 0.4) is 0 Å². The lowest BCUT2D eigenvalue weighted by Gasteiger charge is -2.06. The largest absolute Gasteiger partial charge is 0.326 e. The van der Waals surface area contributed by atoms with Crippen molar-refractivity contribution in [3.63, 3.8) is 0 Å². The van der Waals surface area contributed by atoms with Crippen LogP contribution in [0.15, 0.2) is 42.5 Å². The normalized spacial score (nSPS) is 11.2. The van der Waals surface area contributed by atoms with Crippen LogP contribution < -0.4 is 5.32 Å². The Morgan fingerprint density at radius 3 is 2.46 bits per heavy atom. The summed E-state index contributed by atoms with van der Waals surface area (Å²) in [6, 6.07) is 13.8. The van der Waals surface area contributed by atoms with Gasteiger partial charge in [-0.25, -0.2) is 0 Å². The predicted octanol–water partition coefficient (Wildman–Crippen LogP) is 3.97. The summed E-state index contributed by atoms with van der Waals surface area (Å²) in [5.41, 5.74) is 4.52. The van der Waals surface area contributed by atoms with Crippen LogP contribution in [0.5, 0.6) is 0 Å². The van der Waals surface area contributed by atoms with Gasteiger partial charge in [0.05, 0.1) is 5.69 Å². The van der Waals surface area contributed by atoms with E-state index in [1.807, 2.05) is 44.2 Å². The van der Waals surface area contributed by atoms with Crippen LogP contribution in [0.25, 0.3) is 16.7 Å². The SMILES string of the molecule is CCc1ccc(-n2nc3ccc(NC(=O)CC(C)C)cc3n2)cc1. The first kappa shape index (κ1) is 16.2. The minimum Gasteiger partial charge on any atom is -0.326 e. The molecule has 24 heavy (non-hydrogen) atoms. The Kier molecular flexibility index (Phi) is 4.60. The van der Waals surface area contributed by atoms with Crippen LogP contribution in [0, 0.1) is 5.92 Å². The summed E-state index contributed by atoms with van der Waals surface area (Å²) in [5.74, 6) is 0.354. The number of carbonyl (C=O) groups excluding carboxylic acids is 1. The van der Waals surface area contributed by atoms with E-state index in [9.17, 15) is 4.79 Å². The van der Waals surface area contributed by atoms with Crippen molar-refractivity contribution in [2.75, 3.05) is 5.32 Å². The molecule has 0 aliphatic rings. The van der Waals surface area contributed by atoms with Gasteiger partial charge in [-0.2, -0.15) is 4.80 Å². The van der Waals surface area contributed by atoms with Gasteiger partial charge in [-0.05, 0) is 48.2 Å². The summed E-state index contributed by atoms with van der Waals surface area (Å²) in [6.45, 7) is 6.18. The lowest BCUT2D eigenvalue weighted by molar-refractivity contribution is -0.116. The molecule has 124 valence electrons. The van der Waals surface area contributed by atoms with E-state index >= 15 is 0 Å². The third kappa shape index (κ3) is 3.62. The van der Waals surface area contributed by atoms with Gasteiger partial charge in [-0.15, -0.1) is 10.2 Å². The fraction of sp³-hybridized carbons (Fsp3) is 0.316. The Bertz CT molecular complexity index is 849. The van der Waals surface area contributed by atoms with Crippen molar-refractivity contribution in [1.29, 1.82) is 0 Å². The predicted molar refractivity (Wildman–Crippen MR) is 96.3 cm³/mol. The first-order chi connectivity index (χ1) is 11.5. The van der Waals surface area contributed by atoms with E-state index in [0.29, 0.717) is 12.3 Å². The molecule has 5 heteroatoms. The highest BCUT2D eigenvalue weighted by atomic mass is 16.1. The Balaban J connectivity index is 1.84. The smallest absolute Gasteiger partial charge is 0.224 e. The van der Waals surface area contributed by atoms with E-state index in [4.69, 9.17) is 0 Å². The minimum atomic E-state index is 0.0203. The van der Waals surface area contributed by atoms with E-state index in [1.165, 1.54) is 5.56 Å². The molecule has 5 nitrogen and oxygen atoms in total. The van der Waals surface area contributed by atoms with Crippen molar-refractivity contribution in [2.45, 2.75) is 33.6 Å². The van der Waals surface area contributed by atoms with Crippen LogP contribution >= 0.6 is 0 Å². The molecule has 0 spiro atoms. The number of benzene rings is 2. The van der Waals surface area contributed by atoms with Crippen molar-refractivity contribution in [3.05, 3.63) is 48.0 Å². The second-order valence-corrected chi connectivity index (χ2v) is 6.36. The molecule has 0 saturated carbocycles. The second kappa shape index (κ2) is 6.83.